The quantitative estimate of drug-likeness (QED) is 0.393. The molecule has 1 fully saturated rings. The van der Waals surface area contributed by atoms with Crippen LogP contribution in [-0.4, -0.2) is 22.3 Å². The summed E-state index contributed by atoms with van der Waals surface area (Å²) in [5, 5.41) is 22.7. The lowest BCUT2D eigenvalue weighted by molar-refractivity contribution is -0.137. The SMILES string of the molecule is CCC(C)C.COCc1nc2c(c(C3CCCC3)c1C(O)c1ccc(C(F)(F)F)cc1)C(O)CC(C)(C)C2. The van der Waals surface area contributed by atoms with Crippen LogP contribution < -0.4 is 0 Å². The average molecular weight is 536 g/mol. The monoisotopic (exact) mass is 535 g/mol. The van der Waals surface area contributed by atoms with Crippen LogP contribution in [-0.2, 0) is 23.9 Å². The van der Waals surface area contributed by atoms with Crippen molar-refractivity contribution >= 4 is 0 Å². The molecular formula is C31H44F3NO3. The Labute approximate surface area is 225 Å². The van der Waals surface area contributed by atoms with Crippen LogP contribution in [0.15, 0.2) is 24.3 Å². The summed E-state index contributed by atoms with van der Waals surface area (Å²) in [6.45, 7) is 11.0. The van der Waals surface area contributed by atoms with Gasteiger partial charge in [-0.1, -0.05) is 66.0 Å². The number of nitrogens with zero attached hydrogens (tertiary/aromatic N) is 1. The average Bonchev–Trinajstić information content (AvgIpc) is 3.37. The van der Waals surface area contributed by atoms with Crippen molar-refractivity contribution in [2.45, 2.75) is 110 Å². The van der Waals surface area contributed by atoms with Crippen molar-refractivity contribution in [1.29, 1.82) is 0 Å². The third-order valence-corrected chi connectivity index (χ3v) is 7.89. The van der Waals surface area contributed by atoms with Gasteiger partial charge in [-0.05, 0) is 66.2 Å². The summed E-state index contributed by atoms with van der Waals surface area (Å²) in [6, 6.07) is 4.63. The maximum absolute atomic E-state index is 13.1. The highest BCUT2D eigenvalue weighted by Crippen LogP contribution is 2.49. The van der Waals surface area contributed by atoms with E-state index in [4.69, 9.17) is 9.72 Å². The fourth-order valence-corrected chi connectivity index (χ4v) is 5.62. The van der Waals surface area contributed by atoms with Gasteiger partial charge in [-0.25, -0.2) is 0 Å². The number of ether oxygens (including phenoxy) is 1. The van der Waals surface area contributed by atoms with E-state index in [-0.39, 0.29) is 17.9 Å². The molecule has 0 bridgehead atoms. The van der Waals surface area contributed by atoms with Gasteiger partial charge in [0.15, 0.2) is 0 Å². The molecule has 1 aromatic heterocycles. The highest BCUT2D eigenvalue weighted by Gasteiger charge is 2.39. The summed E-state index contributed by atoms with van der Waals surface area (Å²) in [6.07, 6.45) is 0.363. The van der Waals surface area contributed by atoms with Gasteiger partial charge in [-0.2, -0.15) is 13.2 Å². The van der Waals surface area contributed by atoms with E-state index >= 15 is 0 Å². The smallest absolute Gasteiger partial charge is 0.388 e. The molecule has 2 aliphatic carbocycles. The van der Waals surface area contributed by atoms with Crippen molar-refractivity contribution in [3.63, 3.8) is 0 Å². The molecule has 38 heavy (non-hydrogen) atoms. The van der Waals surface area contributed by atoms with Gasteiger partial charge in [-0.3, -0.25) is 4.98 Å². The summed E-state index contributed by atoms with van der Waals surface area (Å²) in [4.78, 5) is 4.86. The minimum atomic E-state index is -4.44. The van der Waals surface area contributed by atoms with Crippen LogP contribution in [0.4, 0.5) is 13.2 Å². The minimum absolute atomic E-state index is 0.107. The summed E-state index contributed by atoms with van der Waals surface area (Å²) in [7, 11) is 1.56. The summed E-state index contributed by atoms with van der Waals surface area (Å²) < 4.78 is 44.6. The highest BCUT2D eigenvalue weighted by atomic mass is 19.4. The lowest BCUT2D eigenvalue weighted by atomic mass is 9.71. The summed E-state index contributed by atoms with van der Waals surface area (Å²) in [5.74, 6) is 1.06. The molecule has 2 aromatic rings. The third-order valence-electron chi connectivity index (χ3n) is 7.89. The van der Waals surface area contributed by atoms with Crippen LogP contribution in [0.25, 0.3) is 0 Å². The molecule has 0 aliphatic heterocycles. The highest BCUT2D eigenvalue weighted by molar-refractivity contribution is 5.50. The Kier molecular flexibility index (Phi) is 10.0. The van der Waals surface area contributed by atoms with Gasteiger partial charge >= 0.3 is 6.18 Å². The van der Waals surface area contributed by atoms with Gasteiger partial charge in [-0.15, -0.1) is 0 Å². The Hall–Kier alpha value is -1.96. The molecule has 1 saturated carbocycles. The molecule has 0 radical (unpaired) electrons. The molecule has 4 nitrogen and oxygen atoms in total. The summed E-state index contributed by atoms with van der Waals surface area (Å²) in [5.41, 5.74) is 3.26. The fraction of sp³-hybridized carbons (Fsp3) is 0.645. The van der Waals surface area contributed by atoms with Crippen LogP contribution in [0.2, 0.25) is 0 Å². The van der Waals surface area contributed by atoms with E-state index in [1.807, 2.05) is 0 Å². The Morgan fingerprint density at radius 2 is 1.66 bits per heavy atom. The lowest BCUT2D eigenvalue weighted by Crippen LogP contribution is -2.30. The zero-order chi connectivity index (χ0) is 28.3. The van der Waals surface area contributed by atoms with E-state index in [0.717, 1.165) is 60.6 Å². The molecule has 0 spiro atoms. The second-order valence-corrected chi connectivity index (χ2v) is 12.0. The number of hydrogen-bond donors (Lipinski definition) is 2. The molecule has 1 aromatic carbocycles. The topological polar surface area (TPSA) is 62.6 Å². The Morgan fingerprint density at radius 3 is 2.16 bits per heavy atom. The first-order valence-corrected chi connectivity index (χ1v) is 13.9. The van der Waals surface area contributed by atoms with Crippen LogP contribution in [0, 0.1) is 11.3 Å². The number of aliphatic hydroxyl groups excluding tert-OH is 2. The first-order valence-electron chi connectivity index (χ1n) is 13.9. The number of rotatable bonds is 6. The van der Waals surface area contributed by atoms with Crippen molar-refractivity contribution in [2.75, 3.05) is 7.11 Å². The molecule has 7 heteroatoms. The first kappa shape index (κ1) is 30.6. The summed E-state index contributed by atoms with van der Waals surface area (Å²) >= 11 is 0. The number of methoxy groups -OCH3 is 1. The molecule has 0 amide bonds. The van der Waals surface area contributed by atoms with E-state index in [1.54, 1.807) is 7.11 Å². The van der Waals surface area contributed by atoms with Gasteiger partial charge in [0.05, 0.1) is 24.0 Å². The molecule has 2 N–H and O–H groups in total. The van der Waals surface area contributed by atoms with Gasteiger partial charge in [0.25, 0.3) is 0 Å². The van der Waals surface area contributed by atoms with E-state index in [2.05, 4.69) is 34.6 Å². The first-order chi connectivity index (χ1) is 17.8. The van der Waals surface area contributed by atoms with Gasteiger partial charge in [0, 0.05) is 23.9 Å². The largest absolute Gasteiger partial charge is 0.416 e. The standard InChI is InChI=1S/C26H32F3NO3.C5H12/c1-25(2)12-18-22(20(31)13-25)21(15-6-4-5-7-15)23(19(30-18)14-33-3)24(32)16-8-10-17(11-9-16)26(27,28)29;1-4-5(2)3/h8-11,15,20,24,31-32H,4-7,12-14H2,1-3H3;5H,4H2,1-3H3. The zero-order valence-electron chi connectivity index (χ0n) is 23.7. The molecule has 2 aliphatic rings. The van der Waals surface area contributed by atoms with Gasteiger partial charge in [0.2, 0.25) is 0 Å². The Morgan fingerprint density at radius 1 is 1.08 bits per heavy atom. The normalized spacial score (nSPS) is 20.2. The van der Waals surface area contributed by atoms with Crippen molar-refractivity contribution < 1.29 is 28.1 Å². The molecule has 2 unspecified atom stereocenters. The van der Waals surface area contributed by atoms with E-state index in [0.29, 0.717) is 29.7 Å². The number of alkyl halides is 3. The van der Waals surface area contributed by atoms with Crippen LogP contribution >= 0.6 is 0 Å². The molecule has 4 rings (SSSR count). The zero-order valence-corrected chi connectivity index (χ0v) is 23.7. The van der Waals surface area contributed by atoms with Crippen molar-refractivity contribution in [3.8, 4) is 0 Å². The maximum atomic E-state index is 13.1. The van der Waals surface area contributed by atoms with Gasteiger partial charge in [0.1, 0.15) is 6.10 Å². The Bertz CT molecular complexity index is 1060. The number of benzene rings is 1. The second-order valence-electron chi connectivity index (χ2n) is 12.0. The predicted molar refractivity (Wildman–Crippen MR) is 144 cm³/mol. The molecule has 2 atom stereocenters. The third kappa shape index (κ3) is 7.16. The minimum Gasteiger partial charge on any atom is -0.388 e. The number of halogens is 3. The lowest BCUT2D eigenvalue weighted by Gasteiger charge is -2.38. The number of fused-ring (bicyclic) bond motifs is 1. The molecular weight excluding hydrogens is 491 g/mol. The van der Waals surface area contributed by atoms with E-state index in [1.165, 1.54) is 18.6 Å². The van der Waals surface area contributed by atoms with E-state index in [9.17, 15) is 23.4 Å². The number of pyridine rings is 1. The van der Waals surface area contributed by atoms with Crippen molar-refractivity contribution in [1.82, 2.24) is 4.98 Å². The molecule has 1 heterocycles. The fourth-order valence-electron chi connectivity index (χ4n) is 5.62. The second kappa shape index (κ2) is 12.5. The molecule has 0 saturated heterocycles. The van der Waals surface area contributed by atoms with E-state index < -0.39 is 23.9 Å². The number of hydrogen-bond acceptors (Lipinski definition) is 4. The Balaban J connectivity index is 0.000000732. The van der Waals surface area contributed by atoms with Crippen LogP contribution in [0.1, 0.15) is 130 Å². The molecule has 212 valence electrons. The van der Waals surface area contributed by atoms with Crippen molar-refractivity contribution in [2.24, 2.45) is 11.3 Å². The van der Waals surface area contributed by atoms with Crippen LogP contribution in [0.3, 0.4) is 0 Å². The van der Waals surface area contributed by atoms with Gasteiger partial charge < -0.3 is 14.9 Å². The predicted octanol–water partition coefficient (Wildman–Crippen LogP) is 8.04. The maximum Gasteiger partial charge on any atom is 0.416 e. The number of aromatic nitrogens is 1. The van der Waals surface area contributed by atoms with Crippen LogP contribution in [0.5, 0.6) is 0 Å². The number of aliphatic hydroxyl groups is 2. The van der Waals surface area contributed by atoms with Crippen molar-refractivity contribution in [3.05, 3.63) is 63.5 Å².